The molecule has 1 N–H and O–H groups in total. The maximum absolute atomic E-state index is 11.4. The molecule has 5 heteroatoms. The number of Topliss-reactive ketones (excluding diaryl/α,β-unsaturated/α-hetero) is 1. The molecule has 1 unspecified atom stereocenters. The number of nitriles is 1. The summed E-state index contributed by atoms with van der Waals surface area (Å²) in [6.45, 7) is 5.13. The van der Waals surface area contributed by atoms with Gasteiger partial charge in [-0.25, -0.2) is 0 Å². The number of aromatic nitrogens is 2. The average molecular weight is 282 g/mol. The van der Waals surface area contributed by atoms with E-state index < -0.39 is 0 Å². The Labute approximate surface area is 124 Å². The second kappa shape index (κ2) is 6.71. The lowest BCUT2D eigenvalue weighted by Gasteiger charge is -2.15. The van der Waals surface area contributed by atoms with Gasteiger partial charge < -0.3 is 5.32 Å². The standard InChI is InChI=1S/C16H18N4O/c1-12(11-20-7-3-6-19-20)10-18-16-8-14(13(2)21)4-5-15(16)9-17/h3-8,12,18H,10-11H2,1-2H3. The number of nitrogens with one attached hydrogen (secondary N) is 1. The third kappa shape index (κ3) is 3.93. The Hall–Kier alpha value is -2.61. The van der Waals surface area contributed by atoms with Gasteiger partial charge in [-0.15, -0.1) is 0 Å². The maximum atomic E-state index is 11.4. The molecule has 0 aliphatic carbocycles. The van der Waals surface area contributed by atoms with Gasteiger partial charge >= 0.3 is 0 Å². The zero-order valence-electron chi connectivity index (χ0n) is 12.2. The van der Waals surface area contributed by atoms with Crippen LogP contribution in [-0.4, -0.2) is 22.1 Å². The van der Waals surface area contributed by atoms with E-state index >= 15 is 0 Å². The molecule has 0 amide bonds. The largest absolute Gasteiger partial charge is 0.384 e. The predicted octanol–water partition coefficient (Wildman–Crippen LogP) is 2.71. The van der Waals surface area contributed by atoms with Crippen LogP contribution in [0.5, 0.6) is 0 Å². The highest BCUT2D eigenvalue weighted by Gasteiger charge is 2.08. The topological polar surface area (TPSA) is 70.7 Å². The van der Waals surface area contributed by atoms with E-state index in [1.807, 2.05) is 16.9 Å². The van der Waals surface area contributed by atoms with Crippen molar-refractivity contribution in [3.63, 3.8) is 0 Å². The zero-order valence-corrected chi connectivity index (χ0v) is 12.2. The first-order valence-corrected chi connectivity index (χ1v) is 6.86. The van der Waals surface area contributed by atoms with Crippen LogP contribution in [0.25, 0.3) is 0 Å². The van der Waals surface area contributed by atoms with Gasteiger partial charge in [0.05, 0.1) is 11.3 Å². The molecule has 0 spiro atoms. The van der Waals surface area contributed by atoms with Crippen LogP contribution < -0.4 is 5.32 Å². The molecule has 1 heterocycles. The predicted molar refractivity (Wildman–Crippen MR) is 81.0 cm³/mol. The molecular formula is C16H18N4O. The van der Waals surface area contributed by atoms with Gasteiger partial charge in [0.25, 0.3) is 0 Å². The summed E-state index contributed by atoms with van der Waals surface area (Å²) in [6, 6.07) is 9.13. The van der Waals surface area contributed by atoms with Crippen molar-refractivity contribution >= 4 is 11.5 Å². The highest BCUT2D eigenvalue weighted by molar-refractivity contribution is 5.95. The molecule has 0 bridgehead atoms. The average Bonchev–Trinajstić information content (AvgIpc) is 2.97. The smallest absolute Gasteiger partial charge is 0.159 e. The fourth-order valence-corrected chi connectivity index (χ4v) is 2.08. The van der Waals surface area contributed by atoms with Gasteiger partial charge in [0.1, 0.15) is 6.07 Å². The summed E-state index contributed by atoms with van der Waals surface area (Å²) >= 11 is 0. The van der Waals surface area contributed by atoms with Crippen LogP contribution in [0.15, 0.2) is 36.7 Å². The summed E-state index contributed by atoms with van der Waals surface area (Å²) in [5, 5.41) is 16.6. The van der Waals surface area contributed by atoms with Gasteiger partial charge in [0.15, 0.2) is 5.78 Å². The zero-order chi connectivity index (χ0) is 15.2. The van der Waals surface area contributed by atoms with E-state index in [1.54, 1.807) is 24.4 Å². The number of anilines is 1. The molecule has 0 saturated heterocycles. The minimum atomic E-state index is -0.00729. The van der Waals surface area contributed by atoms with E-state index in [4.69, 9.17) is 5.26 Å². The van der Waals surface area contributed by atoms with E-state index in [0.717, 1.165) is 6.54 Å². The number of benzene rings is 1. The fourth-order valence-electron chi connectivity index (χ4n) is 2.08. The first-order chi connectivity index (χ1) is 10.1. The Balaban J connectivity index is 2.03. The lowest BCUT2D eigenvalue weighted by atomic mass is 10.1. The summed E-state index contributed by atoms with van der Waals surface area (Å²) in [7, 11) is 0. The van der Waals surface area contributed by atoms with Crippen molar-refractivity contribution in [3.8, 4) is 6.07 Å². The molecule has 0 saturated carbocycles. The van der Waals surface area contributed by atoms with Crippen molar-refractivity contribution in [1.29, 1.82) is 5.26 Å². The van der Waals surface area contributed by atoms with E-state index in [9.17, 15) is 4.79 Å². The number of hydrogen-bond acceptors (Lipinski definition) is 4. The van der Waals surface area contributed by atoms with Crippen molar-refractivity contribution in [3.05, 3.63) is 47.8 Å². The Kier molecular flexibility index (Phi) is 4.72. The highest BCUT2D eigenvalue weighted by atomic mass is 16.1. The van der Waals surface area contributed by atoms with Crippen LogP contribution in [0.3, 0.4) is 0 Å². The number of hydrogen-bond donors (Lipinski definition) is 1. The number of nitrogens with zero attached hydrogens (tertiary/aromatic N) is 3. The lowest BCUT2D eigenvalue weighted by molar-refractivity contribution is 0.101. The molecule has 1 aromatic heterocycles. The van der Waals surface area contributed by atoms with Crippen LogP contribution in [0.1, 0.15) is 29.8 Å². The van der Waals surface area contributed by atoms with E-state index in [2.05, 4.69) is 23.4 Å². The van der Waals surface area contributed by atoms with Gasteiger partial charge in [0.2, 0.25) is 0 Å². The summed E-state index contributed by atoms with van der Waals surface area (Å²) in [6.07, 6.45) is 3.68. The molecule has 0 fully saturated rings. The number of ketones is 1. The summed E-state index contributed by atoms with van der Waals surface area (Å²) in [4.78, 5) is 11.4. The van der Waals surface area contributed by atoms with Crippen LogP contribution in [0.2, 0.25) is 0 Å². The van der Waals surface area contributed by atoms with Gasteiger partial charge in [-0.1, -0.05) is 6.92 Å². The van der Waals surface area contributed by atoms with Gasteiger partial charge in [-0.2, -0.15) is 10.4 Å². The van der Waals surface area contributed by atoms with Crippen LogP contribution in [-0.2, 0) is 6.54 Å². The first kappa shape index (κ1) is 14.8. The first-order valence-electron chi connectivity index (χ1n) is 6.86. The van der Waals surface area contributed by atoms with Crippen molar-refractivity contribution in [2.45, 2.75) is 20.4 Å². The summed E-state index contributed by atoms with van der Waals surface area (Å²) in [5.41, 5.74) is 1.86. The number of carbonyl (C=O) groups excluding carboxylic acids is 1. The second-order valence-electron chi connectivity index (χ2n) is 5.14. The molecule has 1 atom stereocenters. The summed E-state index contributed by atoms with van der Waals surface area (Å²) < 4.78 is 1.88. The molecule has 2 rings (SSSR count). The van der Waals surface area contributed by atoms with E-state index in [0.29, 0.717) is 29.3 Å². The Bertz CT molecular complexity index is 655. The minimum Gasteiger partial charge on any atom is -0.384 e. The minimum absolute atomic E-state index is 0.00729. The lowest BCUT2D eigenvalue weighted by Crippen LogP contribution is -2.18. The van der Waals surface area contributed by atoms with Crippen molar-refractivity contribution in [1.82, 2.24) is 9.78 Å². The second-order valence-corrected chi connectivity index (χ2v) is 5.14. The van der Waals surface area contributed by atoms with Crippen molar-refractivity contribution in [2.75, 3.05) is 11.9 Å². The van der Waals surface area contributed by atoms with Gasteiger partial charge in [0, 0.05) is 31.0 Å². The molecule has 108 valence electrons. The Morgan fingerprint density at radius 1 is 1.52 bits per heavy atom. The van der Waals surface area contributed by atoms with Crippen molar-refractivity contribution in [2.24, 2.45) is 5.92 Å². The third-order valence-electron chi connectivity index (χ3n) is 3.25. The molecule has 0 radical (unpaired) electrons. The number of carbonyl (C=O) groups is 1. The Morgan fingerprint density at radius 2 is 2.33 bits per heavy atom. The normalized spacial score (nSPS) is 11.7. The maximum Gasteiger partial charge on any atom is 0.159 e. The molecule has 0 aliphatic heterocycles. The molecule has 21 heavy (non-hydrogen) atoms. The highest BCUT2D eigenvalue weighted by Crippen LogP contribution is 2.18. The number of rotatable bonds is 6. The van der Waals surface area contributed by atoms with Crippen LogP contribution in [0, 0.1) is 17.2 Å². The summed E-state index contributed by atoms with van der Waals surface area (Å²) in [5.74, 6) is 0.338. The van der Waals surface area contributed by atoms with Crippen molar-refractivity contribution < 1.29 is 4.79 Å². The molecular weight excluding hydrogens is 264 g/mol. The molecule has 5 nitrogen and oxygen atoms in total. The molecule has 0 aliphatic rings. The monoisotopic (exact) mass is 282 g/mol. The van der Waals surface area contributed by atoms with Gasteiger partial charge in [-0.05, 0) is 37.1 Å². The fraction of sp³-hybridized carbons (Fsp3) is 0.312. The van der Waals surface area contributed by atoms with Crippen LogP contribution in [0.4, 0.5) is 5.69 Å². The molecule has 1 aromatic carbocycles. The SMILES string of the molecule is CC(=O)c1ccc(C#N)c(NCC(C)Cn2cccn2)c1. The quantitative estimate of drug-likeness (QED) is 0.827. The van der Waals surface area contributed by atoms with E-state index in [-0.39, 0.29) is 5.78 Å². The molecule has 2 aromatic rings. The Morgan fingerprint density at radius 3 is 2.95 bits per heavy atom. The van der Waals surface area contributed by atoms with E-state index in [1.165, 1.54) is 6.92 Å². The third-order valence-corrected chi connectivity index (χ3v) is 3.25. The van der Waals surface area contributed by atoms with Gasteiger partial charge in [-0.3, -0.25) is 9.48 Å². The van der Waals surface area contributed by atoms with Crippen LogP contribution >= 0.6 is 0 Å².